The minimum Gasteiger partial charge on any atom is -0.494 e. The molecular formula is C37H43N3O5S. The van der Waals surface area contributed by atoms with Crippen molar-refractivity contribution in [3.8, 4) is 28.3 Å². The zero-order valence-electron chi connectivity index (χ0n) is 27.2. The largest absolute Gasteiger partial charge is 0.494 e. The van der Waals surface area contributed by atoms with Crippen LogP contribution in [0.3, 0.4) is 0 Å². The molecule has 2 atom stereocenters. The fourth-order valence-corrected chi connectivity index (χ4v) is 5.86. The molecule has 0 unspecified atom stereocenters. The highest BCUT2D eigenvalue weighted by atomic mass is 32.1. The molecular weight excluding hydrogens is 598 g/mol. The van der Waals surface area contributed by atoms with Crippen LogP contribution in [0.4, 0.5) is 0 Å². The maximum atomic E-state index is 13.3. The predicted octanol–water partition coefficient (Wildman–Crippen LogP) is 7.76. The van der Waals surface area contributed by atoms with Gasteiger partial charge in [-0.15, -0.1) is 11.3 Å². The summed E-state index contributed by atoms with van der Waals surface area (Å²) in [4.78, 5) is 48.6. The molecule has 9 heteroatoms. The van der Waals surface area contributed by atoms with Gasteiger partial charge in [-0.3, -0.25) is 14.4 Å². The number of benzene rings is 2. The molecule has 2 aromatic carbocycles. The maximum Gasteiger partial charge on any atom is 0.325 e. The van der Waals surface area contributed by atoms with E-state index in [1.807, 2.05) is 60.7 Å². The summed E-state index contributed by atoms with van der Waals surface area (Å²) in [5, 5.41) is 11.9. The fourth-order valence-electron chi connectivity index (χ4n) is 4.85. The molecule has 46 heavy (non-hydrogen) atoms. The van der Waals surface area contributed by atoms with Crippen LogP contribution in [0, 0.1) is 5.92 Å². The average Bonchev–Trinajstić information content (AvgIpc) is 3.55. The molecule has 4 aromatic rings. The zero-order chi connectivity index (χ0) is 33.3. The number of ether oxygens (including phenoxy) is 1. The van der Waals surface area contributed by atoms with Crippen LogP contribution in [-0.2, 0) is 21.4 Å². The molecule has 0 aliphatic heterocycles. The second-order valence-corrected chi connectivity index (χ2v) is 13.7. The molecule has 0 saturated carbocycles. The number of carbonyl (C=O) groups excluding carboxylic acids is 2. The van der Waals surface area contributed by atoms with E-state index in [0.717, 1.165) is 52.1 Å². The van der Waals surface area contributed by atoms with Gasteiger partial charge in [-0.05, 0) is 60.6 Å². The molecule has 0 aliphatic carbocycles. The Bertz CT molecular complexity index is 1610. The fraction of sp³-hybridized carbons (Fsp3) is 0.378. The number of hydrogen-bond donors (Lipinski definition) is 2. The van der Waals surface area contributed by atoms with Crippen molar-refractivity contribution in [1.82, 2.24) is 15.3 Å². The highest BCUT2D eigenvalue weighted by Gasteiger charge is 2.27. The van der Waals surface area contributed by atoms with Gasteiger partial charge in [-0.1, -0.05) is 76.9 Å². The van der Waals surface area contributed by atoms with Crippen LogP contribution in [0.15, 0.2) is 73.1 Å². The van der Waals surface area contributed by atoms with Gasteiger partial charge in [-0.2, -0.15) is 0 Å². The number of ketones is 1. The van der Waals surface area contributed by atoms with Gasteiger partial charge in [0.05, 0.1) is 11.5 Å². The first-order valence-electron chi connectivity index (χ1n) is 15.8. The van der Waals surface area contributed by atoms with Crippen molar-refractivity contribution in [3.05, 3.63) is 88.4 Å². The summed E-state index contributed by atoms with van der Waals surface area (Å²) >= 11 is 1.44. The van der Waals surface area contributed by atoms with Gasteiger partial charge in [0.1, 0.15) is 11.8 Å². The molecule has 0 spiro atoms. The topological polar surface area (TPSA) is 118 Å². The zero-order valence-corrected chi connectivity index (χ0v) is 28.0. The molecule has 0 saturated heterocycles. The Balaban J connectivity index is 1.43. The highest BCUT2D eigenvalue weighted by Crippen LogP contribution is 2.31. The molecule has 4 rings (SSSR count). The molecule has 2 heterocycles. The van der Waals surface area contributed by atoms with Gasteiger partial charge in [-0.25, -0.2) is 9.97 Å². The summed E-state index contributed by atoms with van der Waals surface area (Å²) in [6.45, 7) is 10.6. The highest BCUT2D eigenvalue weighted by molar-refractivity contribution is 7.14. The number of nitrogens with zero attached hydrogens (tertiary/aromatic N) is 2. The van der Waals surface area contributed by atoms with E-state index >= 15 is 0 Å². The van der Waals surface area contributed by atoms with Crippen molar-refractivity contribution >= 4 is 29.0 Å². The van der Waals surface area contributed by atoms with Crippen molar-refractivity contribution in [1.29, 1.82) is 0 Å². The third-order valence-corrected chi connectivity index (χ3v) is 9.25. The number of rotatable bonds is 15. The number of carbonyl (C=O) groups is 3. The number of aliphatic carboxylic acids is 1. The molecule has 0 aliphatic rings. The lowest BCUT2D eigenvalue weighted by Gasteiger charge is -2.18. The summed E-state index contributed by atoms with van der Waals surface area (Å²) in [6.07, 6.45) is 7.20. The number of Topliss-reactive ketones (excluding diaryl/α,β-unsaturated/α-hetero) is 1. The molecule has 0 bridgehead atoms. The van der Waals surface area contributed by atoms with Crippen molar-refractivity contribution in [2.24, 2.45) is 5.92 Å². The van der Waals surface area contributed by atoms with E-state index in [9.17, 15) is 19.5 Å². The van der Waals surface area contributed by atoms with Gasteiger partial charge >= 0.3 is 5.97 Å². The molecule has 8 nitrogen and oxygen atoms in total. The number of carboxylic acids is 1. The lowest BCUT2D eigenvalue weighted by Crippen LogP contribution is -2.42. The van der Waals surface area contributed by atoms with Gasteiger partial charge in [0.2, 0.25) is 5.91 Å². The second-order valence-electron chi connectivity index (χ2n) is 12.6. The van der Waals surface area contributed by atoms with Gasteiger partial charge in [0, 0.05) is 40.7 Å². The number of amides is 1. The minimum atomic E-state index is -1.13. The first-order valence-corrected chi connectivity index (χ1v) is 16.6. The standard InChI is InChI=1S/C37H43N3O5S/c1-6-7-8-19-45-30-15-13-26(14-16-30)29-22-38-34(39-23-29)27-11-9-25(10-12-27)20-28(35(42)40-24(2)36(43)44)21-31(41)32-17-18-33(46-32)37(3,4)5/h9-18,22-24,28H,6-8,19-21H2,1-5H3,(H,40,42)(H,43,44)/t24-,28-/m1/s1. The number of aromatic nitrogens is 2. The van der Waals surface area contributed by atoms with Crippen LogP contribution in [0.5, 0.6) is 5.75 Å². The van der Waals surface area contributed by atoms with E-state index in [4.69, 9.17) is 4.74 Å². The summed E-state index contributed by atoms with van der Waals surface area (Å²) in [7, 11) is 0. The Kier molecular flexibility index (Phi) is 11.8. The Labute approximate surface area is 275 Å². The second kappa shape index (κ2) is 15.8. The van der Waals surface area contributed by atoms with Crippen LogP contribution in [0.1, 0.15) is 80.4 Å². The van der Waals surface area contributed by atoms with Crippen LogP contribution in [0.25, 0.3) is 22.5 Å². The van der Waals surface area contributed by atoms with Crippen LogP contribution < -0.4 is 10.1 Å². The van der Waals surface area contributed by atoms with E-state index in [-0.39, 0.29) is 24.0 Å². The maximum absolute atomic E-state index is 13.3. The average molecular weight is 642 g/mol. The lowest BCUT2D eigenvalue weighted by molar-refractivity contribution is -0.141. The lowest BCUT2D eigenvalue weighted by atomic mass is 9.92. The minimum absolute atomic E-state index is 0.0272. The normalized spacial score (nSPS) is 12.7. The third kappa shape index (κ3) is 9.57. The van der Waals surface area contributed by atoms with Crippen LogP contribution in [0.2, 0.25) is 0 Å². The van der Waals surface area contributed by atoms with Crippen molar-refractivity contribution in [2.45, 2.75) is 78.2 Å². The van der Waals surface area contributed by atoms with Crippen molar-refractivity contribution < 1.29 is 24.2 Å². The molecule has 242 valence electrons. The predicted molar refractivity (Wildman–Crippen MR) is 182 cm³/mol. The summed E-state index contributed by atoms with van der Waals surface area (Å²) in [6, 6.07) is 18.2. The van der Waals surface area contributed by atoms with E-state index < -0.39 is 23.8 Å². The Morgan fingerprint density at radius 1 is 0.891 bits per heavy atom. The number of nitrogens with one attached hydrogen (secondary N) is 1. The molecule has 1 amide bonds. The summed E-state index contributed by atoms with van der Waals surface area (Å²) in [5.74, 6) is -1.05. The van der Waals surface area contributed by atoms with E-state index in [0.29, 0.717) is 17.3 Å². The molecule has 2 aromatic heterocycles. The first kappa shape index (κ1) is 34.5. The molecule has 0 fully saturated rings. The van der Waals surface area contributed by atoms with Gasteiger partial charge in [0.15, 0.2) is 11.6 Å². The third-order valence-electron chi connectivity index (χ3n) is 7.70. The van der Waals surface area contributed by atoms with E-state index in [1.54, 1.807) is 12.4 Å². The molecule has 0 radical (unpaired) electrons. The van der Waals surface area contributed by atoms with Crippen LogP contribution >= 0.6 is 11.3 Å². The SMILES string of the molecule is CCCCCOc1ccc(-c2cnc(-c3ccc(C[C@H](CC(=O)c4ccc(C(C)(C)C)s4)C(=O)N[C@H](C)C(=O)O)cc3)nc2)cc1. The number of hydrogen-bond acceptors (Lipinski definition) is 7. The smallest absolute Gasteiger partial charge is 0.325 e. The first-order chi connectivity index (χ1) is 21.9. The quantitative estimate of drug-likeness (QED) is 0.101. The monoisotopic (exact) mass is 641 g/mol. The van der Waals surface area contributed by atoms with Crippen molar-refractivity contribution in [2.75, 3.05) is 6.61 Å². The van der Waals surface area contributed by atoms with Crippen LogP contribution in [-0.4, -0.2) is 45.4 Å². The molecule has 2 N–H and O–H groups in total. The van der Waals surface area contributed by atoms with Gasteiger partial charge < -0.3 is 15.2 Å². The Morgan fingerprint density at radius 3 is 2.13 bits per heavy atom. The van der Waals surface area contributed by atoms with E-state index in [2.05, 4.69) is 43.0 Å². The number of unbranched alkanes of at least 4 members (excludes halogenated alkanes) is 2. The summed E-state index contributed by atoms with van der Waals surface area (Å²) in [5.41, 5.74) is 3.46. The summed E-state index contributed by atoms with van der Waals surface area (Å²) < 4.78 is 5.81. The number of thiophene rings is 1. The van der Waals surface area contributed by atoms with Gasteiger partial charge in [0.25, 0.3) is 0 Å². The Hall–Kier alpha value is -4.37. The number of carboxylic acid groups (broad SMARTS) is 1. The Morgan fingerprint density at radius 2 is 1.54 bits per heavy atom. The van der Waals surface area contributed by atoms with Crippen molar-refractivity contribution in [3.63, 3.8) is 0 Å². The van der Waals surface area contributed by atoms with E-state index in [1.165, 1.54) is 18.3 Å².